The number of pyridine rings is 1. The van der Waals surface area contributed by atoms with E-state index in [0.717, 1.165) is 25.5 Å². The maximum absolute atomic E-state index is 12.8. The van der Waals surface area contributed by atoms with E-state index in [1.165, 1.54) is 6.20 Å². The number of rotatable bonds is 4. The number of hydrogen-bond donors (Lipinski definition) is 1. The van der Waals surface area contributed by atoms with Gasteiger partial charge in [-0.05, 0) is 54.3 Å². The highest BCUT2D eigenvalue weighted by Gasteiger charge is 2.38. The summed E-state index contributed by atoms with van der Waals surface area (Å²) in [6.07, 6.45) is -1.80. The molecule has 1 N–H and O–H groups in total. The smallest absolute Gasteiger partial charge is 0.421 e. The fraction of sp³-hybridized carbons (Fsp3) is 0.583. The van der Waals surface area contributed by atoms with E-state index < -0.39 is 11.7 Å². The lowest BCUT2D eigenvalue weighted by Gasteiger charge is -2.35. The largest absolute Gasteiger partial charge is 0.474 e. The van der Waals surface area contributed by atoms with Gasteiger partial charge in [0, 0.05) is 10.7 Å². The molecule has 1 aromatic heterocycles. The topological polar surface area (TPSA) is 34.1 Å². The lowest BCUT2D eigenvalue weighted by Crippen LogP contribution is -2.39. The predicted octanol–water partition coefficient (Wildman–Crippen LogP) is 3.24. The number of nitrogens with zero attached hydrogens (tertiary/aromatic N) is 1. The molecule has 106 valence electrons. The first-order valence-electron chi connectivity index (χ1n) is 5.94. The second-order valence-electron chi connectivity index (χ2n) is 4.64. The Labute approximate surface area is 117 Å². The molecule has 0 radical (unpaired) electrons. The van der Waals surface area contributed by atoms with Crippen LogP contribution in [0.4, 0.5) is 13.2 Å². The van der Waals surface area contributed by atoms with Crippen LogP contribution in [-0.4, -0.2) is 24.7 Å². The third-order valence-electron chi connectivity index (χ3n) is 3.09. The molecule has 2 rings (SSSR count). The van der Waals surface area contributed by atoms with Crippen molar-refractivity contribution in [2.24, 2.45) is 5.92 Å². The number of alkyl halides is 3. The van der Waals surface area contributed by atoms with E-state index in [-0.39, 0.29) is 16.5 Å². The van der Waals surface area contributed by atoms with Gasteiger partial charge in [0.2, 0.25) is 5.88 Å². The number of nitrogens with one attached hydrogen (secondary N) is 1. The van der Waals surface area contributed by atoms with Crippen molar-refractivity contribution in [1.29, 1.82) is 0 Å². The second kappa shape index (κ2) is 5.66. The summed E-state index contributed by atoms with van der Waals surface area (Å²) >= 11 is 2.99. The van der Waals surface area contributed by atoms with Crippen molar-refractivity contribution >= 4 is 15.9 Å². The Morgan fingerprint density at radius 1 is 1.47 bits per heavy atom. The van der Waals surface area contributed by atoms with Crippen molar-refractivity contribution in [2.75, 3.05) is 13.6 Å². The molecule has 0 bridgehead atoms. The minimum atomic E-state index is -4.46. The zero-order chi connectivity index (χ0) is 14.0. The van der Waals surface area contributed by atoms with Gasteiger partial charge in [0.25, 0.3) is 0 Å². The van der Waals surface area contributed by atoms with Crippen molar-refractivity contribution in [1.82, 2.24) is 10.3 Å². The van der Waals surface area contributed by atoms with Gasteiger partial charge in [-0.3, -0.25) is 0 Å². The second-order valence-corrected chi connectivity index (χ2v) is 5.55. The van der Waals surface area contributed by atoms with Crippen molar-refractivity contribution < 1.29 is 17.9 Å². The van der Waals surface area contributed by atoms with Crippen LogP contribution in [0.25, 0.3) is 0 Å². The van der Waals surface area contributed by atoms with E-state index >= 15 is 0 Å². The van der Waals surface area contributed by atoms with Gasteiger partial charge >= 0.3 is 6.18 Å². The summed E-state index contributed by atoms with van der Waals surface area (Å²) in [4.78, 5) is 3.73. The fourth-order valence-corrected chi connectivity index (χ4v) is 2.44. The SMILES string of the molecule is CNCC1CC(Oc2ncc(Br)cc2C(F)(F)F)C1. The summed E-state index contributed by atoms with van der Waals surface area (Å²) < 4.78 is 44.2. The van der Waals surface area contributed by atoms with E-state index in [2.05, 4.69) is 26.2 Å². The van der Waals surface area contributed by atoms with Gasteiger partial charge in [-0.25, -0.2) is 4.98 Å². The monoisotopic (exact) mass is 338 g/mol. The molecule has 0 atom stereocenters. The fourth-order valence-electron chi connectivity index (χ4n) is 2.11. The Balaban J connectivity index is 2.05. The normalized spacial score (nSPS) is 23.0. The molecule has 1 fully saturated rings. The van der Waals surface area contributed by atoms with Crippen LogP contribution >= 0.6 is 15.9 Å². The summed E-state index contributed by atoms with van der Waals surface area (Å²) in [6.45, 7) is 0.861. The van der Waals surface area contributed by atoms with Gasteiger partial charge in [0.05, 0.1) is 0 Å². The molecule has 1 heterocycles. The van der Waals surface area contributed by atoms with Crippen LogP contribution in [0.3, 0.4) is 0 Å². The van der Waals surface area contributed by atoms with Crippen molar-refractivity contribution in [3.8, 4) is 5.88 Å². The molecule has 1 saturated carbocycles. The van der Waals surface area contributed by atoms with Gasteiger partial charge in [-0.2, -0.15) is 13.2 Å². The third kappa shape index (κ3) is 3.60. The highest BCUT2D eigenvalue weighted by atomic mass is 79.9. The highest BCUT2D eigenvalue weighted by Crippen LogP contribution is 2.39. The lowest BCUT2D eigenvalue weighted by molar-refractivity contribution is -0.140. The summed E-state index contributed by atoms with van der Waals surface area (Å²) in [5, 5.41) is 3.04. The molecule has 1 aliphatic carbocycles. The van der Waals surface area contributed by atoms with Crippen LogP contribution in [0.5, 0.6) is 5.88 Å². The zero-order valence-corrected chi connectivity index (χ0v) is 11.9. The molecule has 0 unspecified atom stereocenters. The van der Waals surface area contributed by atoms with Crippen LogP contribution in [0, 0.1) is 5.92 Å². The number of ether oxygens (including phenoxy) is 1. The quantitative estimate of drug-likeness (QED) is 0.915. The summed E-state index contributed by atoms with van der Waals surface area (Å²) in [5.74, 6) is 0.142. The van der Waals surface area contributed by atoms with Crippen molar-refractivity contribution in [3.63, 3.8) is 0 Å². The van der Waals surface area contributed by atoms with Crippen molar-refractivity contribution in [2.45, 2.75) is 25.1 Å². The first kappa shape index (κ1) is 14.6. The summed E-state index contributed by atoms with van der Waals surface area (Å²) in [5.41, 5.74) is -0.834. The standard InChI is InChI=1S/C12H14BrF3N2O/c1-17-5-7-2-9(3-7)19-11-10(12(14,15)16)4-8(13)6-18-11/h4,6-7,9,17H,2-3,5H2,1H3. The minimum absolute atomic E-state index is 0.173. The maximum Gasteiger partial charge on any atom is 0.421 e. The van der Waals surface area contributed by atoms with Gasteiger partial charge in [0.15, 0.2) is 0 Å². The average molecular weight is 339 g/mol. The Bertz CT molecular complexity index is 447. The molecule has 19 heavy (non-hydrogen) atoms. The highest BCUT2D eigenvalue weighted by molar-refractivity contribution is 9.10. The molecular weight excluding hydrogens is 325 g/mol. The van der Waals surface area contributed by atoms with Gasteiger partial charge in [0.1, 0.15) is 11.7 Å². The minimum Gasteiger partial charge on any atom is -0.474 e. The molecule has 0 aromatic carbocycles. The lowest BCUT2D eigenvalue weighted by atomic mass is 9.82. The summed E-state index contributed by atoms with van der Waals surface area (Å²) in [6, 6.07) is 0.992. The molecule has 1 aliphatic rings. The number of hydrogen-bond acceptors (Lipinski definition) is 3. The Kier molecular flexibility index (Phi) is 4.35. The van der Waals surface area contributed by atoms with E-state index in [1.54, 1.807) is 0 Å². The number of halogens is 4. The molecule has 0 spiro atoms. The molecular formula is C12H14BrF3N2O. The molecule has 7 heteroatoms. The predicted molar refractivity (Wildman–Crippen MR) is 68.0 cm³/mol. The van der Waals surface area contributed by atoms with Crippen LogP contribution < -0.4 is 10.1 Å². The summed E-state index contributed by atoms with van der Waals surface area (Å²) in [7, 11) is 1.85. The van der Waals surface area contributed by atoms with E-state index in [4.69, 9.17) is 4.74 Å². The third-order valence-corrected chi connectivity index (χ3v) is 3.52. The molecule has 1 aromatic rings. The average Bonchev–Trinajstić information content (AvgIpc) is 2.27. The Morgan fingerprint density at radius 3 is 2.74 bits per heavy atom. The first-order valence-corrected chi connectivity index (χ1v) is 6.73. The number of aromatic nitrogens is 1. The Morgan fingerprint density at radius 2 is 2.16 bits per heavy atom. The Hall–Kier alpha value is -0.820. The van der Waals surface area contributed by atoms with Crippen LogP contribution in [0.15, 0.2) is 16.7 Å². The maximum atomic E-state index is 12.8. The van der Waals surface area contributed by atoms with E-state index in [1.807, 2.05) is 7.05 Å². The van der Waals surface area contributed by atoms with Crippen LogP contribution in [-0.2, 0) is 6.18 Å². The molecule has 3 nitrogen and oxygen atoms in total. The molecule has 0 saturated heterocycles. The first-order chi connectivity index (χ1) is 8.90. The van der Waals surface area contributed by atoms with Gasteiger partial charge in [-0.15, -0.1) is 0 Å². The van der Waals surface area contributed by atoms with E-state index in [9.17, 15) is 13.2 Å². The molecule has 0 aliphatic heterocycles. The molecule has 0 amide bonds. The van der Waals surface area contributed by atoms with Gasteiger partial charge in [-0.1, -0.05) is 0 Å². The zero-order valence-electron chi connectivity index (χ0n) is 10.3. The van der Waals surface area contributed by atoms with E-state index in [0.29, 0.717) is 5.92 Å². The van der Waals surface area contributed by atoms with Crippen molar-refractivity contribution in [3.05, 3.63) is 22.3 Å². The van der Waals surface area contributed by atoms with Crippen LogP contribution in [0.2, 0.25) is 0 Å². The van der Waals surface area contributed by atoms with Gasteiger partial charge < -0.3 is 10.1 Å². The van der Waals surface area contributed by atoms with Crippen LogP contribution in [0.1, 0.15) is 18.4 Å².